The van der Waals surface area contributed by atoms with Crippen LogP contribution in [0, 0.1) is 17.3 Å². The maximum Gasteiger partial charge on any atom is 0.223 e. The van der Waals surface area contributed by atoms with Gasteiger partial charge < -0.3 is 10.3 Å². The topological polar surface area (TPSA) is 57.8 Å². The first kappa shape index (κ1) is 13.1. The molecular formula is C14H23N3O. The Morgan fingerprint density at radius 1 is 1.56 bits per heavy atom. The summed E-state index contributed by atoms with van der Waals surface area (Å²) in [6.45, 7) is 7.26. The lowest BCUT2D eigenvalue weighted by Crippen LogP contribution is -2.38. The molecule has 0 saturated heterocycles. The van der Waals surface area contributed by atoms with Gasteiger partial charge in [0.05, 0.1) is 6.54 Å². The van der Waals surface area contributed by atoms with Crippen molar-refractivity contribution < 1.29 is 4.79 Å². The highest BCUT2D eigenvalue weighted by atomic mass is 16.1. The molecule has 0 aromatic carbocycles. The molecule has 0 radical (unpaired) electrons. The first-order valence-corrected chi connectivity index (χ1v) is 6.72. The predicted octanol–water partition coefficient (Wildman–Crippen LogP) is 2.49. The zero-order valence-electron chi connectivity index (χ0n) is 11.5. The van der Waals surface area contributed by atoms with Crippen molar-refractivity contribution in [1.29, 1.82) is 0 Å². The zero-order chi connectivity index (χ0) is 13.2. The monoisotopic (exact) mass is 249 g/mol. The summed E-state index contributed by atoms with van der Waals surface area (Å²) >= 11 is 0. The van der Waals surface area contributed by atoms with Gasteiger partial charge in [-0.2, -0.15) is 0 Å². The third-order valence-electron chi connectivity index (χ3n) is 3.74. The summed E-state index contributed by atoms with van der Waals surface area (Å²) in [6, 6.07) is 0. The molecule has 2 N–H and O–H groups in total. The van der Waals surface area contributed by atoms with E-state index < -0.39 is 0 Å². The van der Waals surface area contributed by atoms with Gasteiger partial charge in [0.2, 0.25) is 5.91 Å². The minimum atomic E-state index is 0.152. The molecule has 1 amide bonds. The first-order valence-electron chi connectivity index (χ1n) is 6.72. The summed E-state index contributed by atoms with van der Waals surface area (Å²) in [5, 5.41) is 2.98. The lowest BCUT2D eigenvalue weighted by atomic mass is 9.68. The van der Waals surface area contributed by atoms with Gasteiger partial charge in [0.1, 0.15) is 5.82 Å². The second-order valence-electron chi connectivity index (χ2n) is 6.36. The number of hydrogen-bond acceptors (Lipinski definition) is 2. The number of nitrogens with zero attached hydrogens (tertiary/aromatic N) is 1. The number of nitrogens with one attached hydrogen (secondary N) is 2. The van der Waals surface area contributed by atoms with Crippen LogP contribution in [0.2, 0.25) is 0 Å². The molecule has 2 rings (SSSR count). The van der Waals surface area contributed by atoms with Gasteiger partial charge in [-0.15, -0.1) is 0 Å². The van der Waals surface area contributed by atoms with Gasteiger partial charge >= 0.3 is 0 Å². The average molecular weight is 249 g/mol. The first-order chi connectivity index (χ1) is 8.46. The number of H-pyrrole nitrogens is 1. The average Bonchev–Trinajstić information content (AvgIpc) is 2.75. The Kier molecular flexibility index (Phi) is 3.73. The number of amides is 1. The molecule has 1 aliphatic rings. The normalized spacial score (nSPS) is 26.8. The number of aromatic amines is 1. The molecule has 18 heavy (non-hydrogen) atoms. The Morgan fingerprint density at radius 3 is 2.94 bits per heavy atom. The van der Waals surface area contributed by atoms with E-state index in [1.165, 1.54) is 6.42 Å². The Bertz CT molecular complexity index is 397. The Balaban J connectivity index is 1.88. The highest BCUT2D eigenvalue weighted by Gasteiger charge is 2.35. The Morgan fingerprint density at radius 2 is 2.33 bits per heavy atom. The fourth-order valence-electron chi connectivity index (χ4n) is 3.26. The number of rotatable bonds is 3. The van der Waals surface area contributed by atoms with Gasteiger partial charge in [0, 0.05) is 18.3 Å². The van der Waals surface area contributed by atoms with E-state index in [0.29, 0.717) is 12.5 Å². The third-order valence-corrected chi connectivity index (χ3v) is 3.74. The quantitative estimate of drug-likeness (QED) is 0.864. The lowest BCUT2D eigenvalue weighted by Gasteiger charge is -2.38. The van der Waals surface area contributed by atoms with Crippen molar-refractivity contribution >= 4 is 5.91 Å². The highest BCUT2D eigenvalue weighted by Crippen LogP contribution is 2.41. The van der Waals surface area contributed by atoms with Crippen LogP contribution < -0.4 is 5.32 Å². The largest absolute Gasteiger partial charge is 0.349 e. The van der Waals surface area contributed by atoms with Crippen molar-refractivity contribution in [2.45, 2.75) is 46.6 Å². The van der Waals surface area contributed by atoms with Crippen molar-refractivity contribution in [3.8, 4) is 0 Å². The minimum absolute atomic E-state index is 0.152. The molecule has 1 heterocycles. The summed E-state index contributed by atoms with van der Waals surface area (Å²) in [5.74, 6) is 1.77. The van der Waals surface area contributed by atoms with E-state index in [4.69, 9.17) is 0 Å². The third kappa shape index (κ3) is 3.34. The second kappa shape index (κ2) is 5.12. The summed E-state index contributed by atoms with van der Waals surface area (Å²) in [7, 11) is 0. The molecule has 0 spiro atoms. The van der Waals surface area contributed by atoms with Gasteiger partial charge in [0.25, 0.3) is 0 Å². The predicted molar refractivity (Wildman–Crippen MR) is 70.7 cm³/mol. The second-order valence-corrected chi connectivity index (χ2v) is 6.36. The van der Waals surface area contributed by atoms with Crippen LogP contribution in [0.5, 0.6) is 0 Å². The van der Waals surface area contributed by atoms with Gasteiger partial charge in [0.15, 0.2) is 0 Å². The van der Waals surface area contributed by atoms with Crippen molar-refractivity contribution in [1.82, 2.24) is 15.3 Å². The number of carbonyl (C=O) groups excluding carboxylic acids is 1. The summed E-state index contributed by atoms with van der Waals surface area (Å²) < 4.78 is 0. The van der Waals surface area contributed by atoms with Crippen LogP contribution in [0.3, 0.4) is 0 Å². The van der Waals surface area contributed by atoms with Crippen LogP contribution >= 0.6 is 0 Å². The van der Waals surface area contributed by atoms with E-state index >= 15 is 0 Å². The molecule has 1 aromatic heterocycles. The molecule has 1 aliphatic carbocycles. The SMILES string of the molecule is CC1CC(C(=O)NCc2ncc[nH]2)CC(C)(C)C1. The van der Waals surface area contributed by atoms with Gasteiger partial charge in [-0.3, -0.25) is 4.79 Å². The smallest absolute Gasteiger partial charge is 0.223 e. The Labute approximate surface area is 109 Å². The van der Waals surface area contributed by atoms with E-state index in [-0.39, 0.29) is 17.2 Å². The highest BCUT2D eigenvalue weighted by molar-refractivity contribution is 5.78. The molecule has 0 bridgehead atoms. The van der Waals surface area contributed by atoms with Crippen LogP contribution in [0.1, 0.15) is 45.9 Å². The lowest BCUT2D eigenvalue weighted by molar-refractivity contribution is -0.128. The zero-order valence-corrected chi connectivity index (χ0v) is 11.5. The maximum atomic E-state index is 12.2. The number of imidazole rings is 1. The van der Waals surface area contributed by atoms with E-state index in [1.807, 2.05) is 0 Å². The van der Waals surface area contributed by atoms with Crippen LogP contribution in [0.4, 0.5) is 0 Å². The van der Waals surface area contributed by atoms with Crippen molar-refractivity contribution in [3.05, 3.63) is 18.2 Å². The van der Waals surface area contributed by atoms with Crippen molar-refractivity contribution in [2.24, 2.45) is 17.3 Å². The van der Waals surface area contributed by atoms with E-state index in [0.717, 1.165) is 18.7 Å². The molecule has 2 atom stereocenters. The summed E-state index contributed by atoms with van der Waals surface area (Å²) in [5.41, 5.74) is 0.282. The molecule has 4 nitrogen and oxygen atoms in total. The molecule has 1 aromatic rings. The summed E-state index contributed by atoms with van der Waals surface area (Å²) in [6.07, 6.45) is 6.68. The van der Waals surface area contributed by atoms with E-state index in [9.17, 15) is 4.79 Å². The van der Waals surface area contributed by atoms with Crippen molar-refractivity contribution in [2.75, 3.05) is 0 Å². The molecule has 2 unspecified atom stereocenters. The standard InChI is InChI=1S/C14H23N3O/c1-10-6-11(8-14(2,3)7-10)13(18)17-9-12-15-4-5-16-12/h4-5,10-11H,6-9H2,1-3H3,(H,15,16)(H,17,18). The fraction of sp³-hybridized carbons (Fsp3) is 0.714. The molecular weight excluding hydrogens is 226 g/mol. The van der Waals surface area contributed by atoms with E-state index in [2.05, 4.69) is 36.1 Å². The van der Waals surface area contributed by atoms with Gasteiger partial charge in [-0.25, -0.2) is 4.98 Å². The van der Waals surface area contributed by atoms with E-state index in [1.54, 1.807) is 12.4 Å². The molecule has 4 heteroatoms. The molecule has 100 valence electrons. The number of hydrogen-bond donors (Lipinski definition) is 2. The fourth-order valence-corrected chi connectivity index (χ4v) is 3.26. The van der Waals surface area contributed by atoms with Gasteiger partial charge in [-0.1, -0.05) is 20.8 Å². The number of carbonyl (C=O) groups is 1. The maximum absolute atomic E-state index is 12.2. The van der Waals surface area contributed by atoms with Crippen LogP contribution in [0.15, 0.2) is 12.4 Å². The molecule has 1 fully saturated rings. The van der Waals surface area contributed by atoms with Crippen LogP contribution in [0.25, 0.3) is 0 Å². The van der Waals surface area contributed by atoms with Crippen LogP contribution in [-0.4, -0.2) is 15.9 Å². The molecule has 0 aliphatic heterocycles. The van der Waals surface area contributed by atoms with Crippen molar-refractivity contribution in [3.63, 3.8) is 0 Å². The van der Waals surface area contributed by atoms with Crippen LogP contribution in [-0.2, 0) is 11.3 Å². The minimum Gasteiger partial charge on any atom is -0.349 e. The number of aromatic nitrogens is 2. The Hall–Kier alpha value is -1.32. The summed E-state index contributed by atoms with van der Waals surface area (Å²) in [4.78, 5) is 19.3. The molecule has 1 saturated carbocycles. The van der Waals surface area contributed by atoms with Gasteiger partial charge in [-0.05, 0) is 30.6 Å².